The minimum atomic E-state index is 0.523. The van der Waals surface area contributed by atoms with E-state index in [1.165, 1.54) is 10.9 Å². The zero-order valence-electron chi connectivity index (χ0n) is 10.6. The third kappa shape index (κ3) is 2.17. The van der Waals surface area contributed by atoms with Crippen molar-refractivity contribution in [2.75, 3.05) is 0 Å². The second-order valence-electron chi connectivity index (χ2n) is 4.55. The van der Waals surface area contributed by atoms with Gasteiger partial charge in [0.25, 0.3) is 0 Å². The summed E-state index contributed by atoms with van der Waals surface area (Å²) in [6.45, 7) is 0.523. The lowest BCUT2D eigenvalue weighted by Crippen LogP contribution is -1.98. The van der Waals surface area contributed by atoms with Crippen molar-refractivity contribution in [2.45, 2.75) is 6.54 Å². The molecule has 0 aliphatic carbocycles. The molecule has 0 saturated carbocycles. The molecular weight excluding hydrogens is 302 g/mol. The minimum absolute atomic E-state index is 0.523. The fraction of sp³-hybridized carbons (Fsp3) is 0.133. The molecule has 2 aromatic heterocycles. The Hall–Kier alpha value is -1.65. The van der Waals surface area contributed by atoms with Crippen LogP contribution in [0, 0.1) is 0 Å². The summed E-state index contributed by atoms with van der Waals surface area (Å²) in [5.41, 5.74) is 9.91. The van der Waals surface area contributed by atoms with Gasteiger partial charge in [0.05, 0.1) is 11.4 Å². The van der Waals surface area contributed by atoms with Gasteiger partial charge in [0.1, 0.15) is 0 Å². The van der Waals surface area contributed by atoms with Crippen LogP contribution in [0.5, 0.6) is 0 Å². The third-order valence-electron chi connectivity index (χ3n) is 3.33. The molecule has 0 radical (unpaired) electrons. The number of aromatic nitrogens is 2. The number of benzene rings is 1. The van der Waals surface area contributed by atoms with Crippen LogP contribution in [0.1, 0.15) is 5.56 Å². The maximum atomic E-state index is 5.60. The highest BCUT2D eigenvalue weighted by molar-refractivity contribution is 9.10. The predicted octanol–water partition coefficient (Wildman–Crippen LogP) is 3.46. The molecule has 2 N–H and O–H groups in total. The molecule has 0 atom stereocenters. The van der Waals surface area contributed by atoms with Gasteiger partial charge in [-0.3, -0.25) is 4.98 Å². The summed E-state index contributed by atoms with van der Waals surface area (Å²) in [6.07, 6.45) is 1.84. The molecule has 4 heteroatoms. The zero-order valence-corrected chi connectivity index (χ0v) is 12.2. The van der Waals surface area contributed by atoms with E-state index in [0.29, 0.717) is 6.54 Å². The number of hydrogen-bond acceptors (Lipinski definition) is 2. The molecule has 0 aliphatic rings. The van der Waals surface area contributed by atoms with E-state index in [-0.39, 0.29) is 0 Å². The van der Waals surface area contributed by atoms with Gasteiger partial charge in [0.2, 0.25) is 0 Å². The van der Waals surface area contributed by atoms with Crippen molar-refractivity contribution in [2.24, 2.45) is 12.8 Å². The highest BCUT2D eigenvalue weighted by Crippen LogP contribution is 2.28. The highest BCUT2D eigenvalue weighted by Gasteiger charge is 2.09. The molecule has 0 saturated heterocycles. The topological polar surface area (TPSA) is 43.8 Å². The Labute approximate surface area is 120 Å². The van der Waals surface area contributed by atoms with Crippen LogP contribution < -0.4 is 5.73 Å². The van der Waals surface area contributed by atoms with E-state index in [9.17, 15) is 0 Å². The van der Waals surface area contributed by atoms with Crippen LogP contribution in [-0.2, 0) is 13.6 Å². The fourth-order valence-corrected chi connectivity index (χ4v) is 2.64. The van der Waals surface area contributed by atoms with Crippen LogP contribution in [-0.4, -0.2) is 9.55 Å². The van der Waals surface area contributed by atoms with Gasteiger partial charge in [0, 0.05) is 35.2 Å². The molecular formula is C15H14BrN3. The minimum Gasteiger partial charge on any atom is -0.342 e. The standard InChI is InChI=1S/C15H14BrN3/c1-19-14-5-3-12(16)6-11(14)7-15(19)13-4-2-10(8-17)9-18-13/h2-7,9H,8,17H2,1H3. The number of fused-ring (bicyclic) bond motifs is 1. The Morgan fingerprint density at radius 1 is 1.21 bits per heavy atom. The summed E-state index contributed by atoms with van der Waals surface area (Å²) in [5, 5.41) is 1.21. The van der Waals surface area contributed by atoms with E-state index < -0.39 is 0 Å². The first-order valence-corrected chi connectivity index (χ1v) is 6.88. The Balaban J connectivity index is 2.15. The van der Waals surface area contributed by atoms with Crippen LogP contribution in [0.2, 0.25) is 0 Å². The zero-order chi connectivity index (χ0) is 13.4. The molecule has 3 aromatic rings. The van der Waals surface area contributed by atoms with Gasteiger partial charge in [-0.25, -0.2) is 0 Å². The molecule has 0 unspecified atom stereocenters. The van der Waals surface area contributed by atoms with E-state index in [1.807, 2.05) is 18.3 Å². The summed E-state index contributed by atoms with van der Waals surface area (Å²) in [5.74, 6) is 0. The second kappa shape index (κ2) is 4.79. The number of hydrogen-bond donors (Lipinski definition) is 1. The van der Waals surface area contributed by atoms with Crippen LogP contribution in [0.25, 0.3) is 22.3 Å². The van der Waals surface area contributed by atoms with Crippen molar-refractivity contribution in [3.8, 4) is 11.4 Å². The molecule has 0 amide bonds. The fourth-order valence-electron chi connectivity index (χ4n) is 2.26. The van der Waals surface area contributed by atoms with Gasteiger partial charge in [-0.2, -0.15) is 0 Å². The highest BCUT2D eigenvalue weighted by atomic mass is 79.9. The Kier molecular flexibility index (Phi) is 3.12. The van der Waals surface area contributed by atoms with Gasteiger partial charge in [-0.1, -0.05) is 22.0 Å². The average molecular weight is 316 g/mol. The van der Waals surface area contributed by atoms with Crippen molar-refractivity contribution < 1.29 is 0 Å². The first-order valence-electron chi connectivity index (χ1n) is 6.09. The predicted molar refractivity (Wildman–Crippen MR) is 81.7 cm³/mol. The van der Waals surface area contributed by atoms with Crippen molar-refractivity contribution in [1.29, 1.82) is 0 Å². The number of nitrogens with two attached hydrogens (primary N) is 1. The number of rotatable bonds is 2. The van der Waals surface area contributed by atoms with Crippen LogP contribution in [0.15, 0.2) is 47.1 Å². The lowest BCUT2D eigenvalue weighted by Gasteiger charge is -2.04. The molecule has 0 spiro atoms. The summed E-state index contributed by atoms with van der Waals surface area (Å²) in [4.78, 5) is 4.49. The average Bonchev–Trinajstić information content (AvgIpc) is 2.75. The summed E-state index contributed by atoms with van der Waals surface area (Å²) < 4.78 is 3.25. The Morgan fingerprint density at radius 3 is 2.74 bits per heavy atom. The molecule has 0 aliphatic heterocycles. The van der Waals surface area contributed by atoms with Gasteiger partial charge in [-0.15, -0.1) is 0 Å². The second-order valence-corrected chi connectivity index (χ2v) is 5.46. The molecule has 3 nitrogen and oxygen atoms in total. The normalized spacial score (nSPS) is 11.1. The molecule has 1 aromatic carbocycles. The van der Waals surface area contributed by atoms with Crippen molar-refractivity contribution in [3.63, 3.8) is 0 Å². The molecule has 96 valence electrons. The van der Waals surface area contributed by atoms with Gasteiger partial charge < -0.3 is 10.3 Å². The summed E-state index contributed by atoms with van der Waals surface area (Å²) >= 11 is 3.50. The molecule has 0 bridgehead atoms. The smallest absolute Gasteiger partial charge is 0.0866 e. The number of aryl methyl sites for hydroxylation is 1. The lowest BCUT2D eigenvalue weighted by molar-refractivity contribution is 0.966. The van der Waals surface area contributed by atoms with Crippen molar-refractivity contribution in [3.05, 3.63) is 52.6 Å². The Morgan fingerprint density at radius 2 is 2.05 bits per heavy atom. The largest absolute Gasteiger partial charge is 0.342 e. The first kappa shape index (κ1) is 12.4. The van der Waals surface area contributed by atoms with E-state index >= 15 is 0 Å². The number of nitrogens with zero attached hydrogens (tertiary/aromatic N) is 2. The summed E-state index contributed by atoms with van der Waals surface area (Å²) in [7, 11) is 2.06. The molecule has 19 heavy (non-hydrogen) atoms. The summed E-state index contributed by atoms with van der Waals surface area (Å²) in [6, 6.07) is 12.5. The monoisotopic (exact) mass is 315 g/mol. The Bertz CT molecular complexity index is 729. The van der Waals surface area contributed by atoms with Crippen molar-refractivity contribution >= 4 is 26.8 Å². The maximum absolute atomic E-state index is 5.60. The van der Waals surface area contributed by atoms with Gasteiger partial charge in [-0.05, 0) is 35.9 Å². The van der Waals surface area contributed by atoms with E-state index in [1.54, 1.807) is 0 Å². The van der Waals surface area contributed by atoms with Crippen LogP contribution in [0.4, 0.5) is 0 Å². The van der Waals surface area contributed by atoms with E-state index in [0.717, 1.165) is 21.4 Å². The molecule has 0 fully saturated rings. The van der Waals surface area contributed by atoms with Crippen molar-refractivity contribution in [1.82, 2.24) is 9.55 Å². The number of pyridine rings is 1. The van der Waals surface area contributed by atoms with E-state index in [2.05, 4.69) is 56.8 Å². The SMILES string of the molecule is Cn1c(-c2ccc(CN)cn2)cc2cc(Br)ccc21. The number of halogens is 1. The van der Waals surface area contributed by atoms with Gasteiger partial charge in [0.15, 0.2) is 0 Å². The third-order valence-corrected chi connectivity index (χ3v) is 3.82. The van der Waals surface area contributed by atoms with E-state index in [4.69, 9.17) is 5.73 Å². The lowest BCUT2D eigenvalue weighted by atomic mass is 10.2. The molecule has 2 heterocycles. The maximum Gasteiger partial charge on any atom is 0.0866 e. The quantitative estimate of drug-likeness (QED) is 0.787. The molecule has 3 rings (SSSR count). The first-order chi connectivity index (χ1) is 9.19. The van der Waals surface area contributed by atoms with Gasteiger partial charge >= 0.3 is 0 Å². The van der Waals surface area contributed by atoms with Crippen LogP contribution >= 0.6 is 15.9 Å². The van der Waals surface area contributed by atoms with Crippen LogP contribution in [0.3, 0.4) is 0 Å².